The molecule has 2 rings (SSSR count). The lowest BCUT2D eigenvalue weighted by molar-refractivity contribution is 0.104. The minimum atomic E-state index is -0.132. The lowest BCUT2D eigenvalue weighted by Crippen LogP contribution is -1.98. The predicted molar refractivity (Wildman–Crippen MR) is 89.6 cm³/mol. The molecule has 0 saturated heterocycles. The highest BCUT2D eigenvalue weighted by Gasteiger charge is 2.08. The maximum absolute atomic E-state index is 12.2. The molecule has 0 aromatic heterocycles. The van der Waals surface area contributed by atoms with Crippen molar-refractivity contribution in [3.8, 4) is 17.2 Å². The molecule has 0 heterocycles. The number of carbonyl (C=O) groups excluding carboxylic acids is 1. The Morgan fingerprint density at radius 1 is 0.913 bits per heavy atom. The first kappa shape index (κ1) is 16.4. The first-order chi connectivity index (χ1) is 11.2. The van der Waals surface area contributed by atoms with Crippen LogP contribution < -0.4 is 19.5 Å². The Morgan fingerprint density at radius 3 is 2.22 bits per heavy atom. The van der Waals surface area contributed by atoms with Crippen LogP contribution in [-0.4, -0.2) is 27.1 Å². The van der Waals surface area contributed by atoms with E-state index in [2.05, 4.69) is 5.32 Å². The summed E-state index contributed by atoms with van der Waals surface area (Å²) >= 11 is 0. The highest BCUT2D eigenvalue weighted by Crippen LogP contribution is 2.27. The fourth-order valence-corrected chi connectivity index (χ4v) is 1.99. The summed E-state index contributed by atoms with van der Waals surface area (Å²) in [4.78, 5) is 12.2. The Bertz CT molecular complexity index is 693. The molecule has 0 spiro atoms. The van der Waals surface area contributed by atoms with E-state index in [0.29, 0.717) is 17.1 Å². The monoisotopic (exact) mass is 313 g/mol. The molecule has 0 atom stereocenters. The van der Waals surface area contributed by atoms with Gasteiger partial charge in [-0.2, -0.15) is 0 Å². The normalized spacial score (nSPS) is 10.4. The first-order valence-electron chi connectivity index (χ1n) is 7.01. The molecule has 23 heavy (non-hydrogen) atoms. The molecule has 0 aliphatic heterocycles. The van der Waals surface area contributed by atoms with Crippen LogP contribution in [0.2, 0.25) is 0 Å². The Labute approximate surface area is 135 Å². The zero-order chi connectivity index (χ0) is 16.7. The number of carbonyl (C=O) groups is 1. The fraction of sp³-hybridized carbons (Fsp3) is 0.167. The molecular formula is C18H19NO4. The molecule has 0 saturated carbocycles. The fourth-order valence-electron chi connectivity index (χ4n) is 1.99. The number of ketones is 1. The summed E-state index contributed by atoms with van der Waals surface area (Å²) in [5, 5.41) is 3.03. The minimum Gasteiger partial charge on any atom is -0.497 e. The molecule has 0 bridgehead atoms. The Kier molecular flexibility index (Phi) is 5.63. The number of rotatable bonds is 7. The zero-order valence-corrected chi connectivity index (χ0v) is 13.3. The van der Waals surface area contributed by atoms with Gasteiger partial charge in [0, 0.05) is 23.5 Å². The lowest BCUT2D eigenvalue weighted by Gasteiger charge is -2.08. The third-order valence-electron chi connectivity index (χ3n) is 3.24. The average Bonchev–Trinajstić information content (AvgIpc) is 2.61. The Balaban J connectivity index is 2.03. The quantitative estimate of drug-likeness (QED) is 0.626. The van der Waals surface area contributed by atoms with Crippen molar-refractivity contribution in [1.29, 1.82) is 0 Å². The molecule has 0 unspecified atom stereocenters. The predicted octanol–water partition coefficient (Wildman–Crippen LogP) is 3.52. The van der Waals surface area contributed by atoms with Gasteiger partial charge in [-0.25, -0.2) is 0 Å². The number of benzene rings is 2. The minimum absolute atomic E-state index is 0.132. The van der Waals surface area contributed by atoms with Crippen LogP contribution in [0.3, 0.4) is 0 Å². The number of allylic oxidation sites excluding steroid dienone is 1. The van der Waals surface area contributed by atoms with Gasteiger partial charge in [-0.1, -0.05) is 0 Å². The van der Waals surface area contributed by atoms with Crippen molar-refractivity contribution >= 4 is 11.5 Å². The summed E-state index contributed by atoms with van der Waals surface area (Å²) in [6.45, 7) is 0. The van der Waals surface area contributed by atoms with Gasteiger partial charge in [0.05, 0.1) is 21.3 Å². The standard InChI is InChI=1S/C18H19NO4/c1-21-15-7-5-14(6-8-15)19-11-10-16(20)13-4-9-17(22-2)18(12-13)23-3/h4-12,19H,1-3H3/b11-10+. The highest BCUT2D eigenvalue weighted by molar-refractivity contribution is 6.05. The Morgan fingerprint density at radius 2 is 1.61 bits per heavy atom. The van der Waals surface area contributed by atoms with Crippen molar-refractivity contribution < 1.29 is 19.0 Å². The SMILES string of the molecule is COc1ccc(N/C=C/C(=O)c2ccc(OC)c(OC)c2)cc1. The van der Waals surface area contributed by atoms with Crippen LogP contribution >= 0.6 is 0 Å². The highest BCUT2D eigenvalue weighted by atomic mass is 16.5. The Hall–Kier alpha value is -2.95. The second kappa shape index (κ2) is 7.89. The van der Waals surface area contributed by atoms with Crippen LogP contribution in [-0.2, 0) is 0 Å². The molecule has 120 valence electrons. The number of ether oxygens (including phenoxy) is 3. The lowest BCUT2D eigenvalue weighted by atomic mass is 10.1. The van der Waals surface area contributed by atoms with Crippen molar-refractivity contribution in [2.45, 2.75) is 0 Å². The van der Waals surface area contributed by atoms with Gasteiger partial charge in [-0.15, -0.1) is 0 Å². The van der Waals surface area contributed by atoms with Crippen LogP contribution in [0.25, 0.3) is 0 Å². The van der Waals surface area contributed by atoms with Crippen LogP contribution in [0.5, 0.6) is 17.2 Å². The largest absolute Gasteiger partial charge is 0.497 e. The van der Waals surface area contributed by atoms with Crippen LogP contribution in [0, 0.1) is 0 Å². The van der Waals surface area contributed by atoms with E-state index >= 15 is 0 Å². The summed E-state index contributed by atoms with van der Waals surface area (Å²) in [6, 6.07) is 12.5. The van der Waals surface area contributed by atoms with Gasteiger partial charge in [0.25, 0.3) is 0 Å². The molecule has 2 aromatic rings. The maximum Gasteiger partial charge on any atom is 0.187 e. The van der Waals surface area contributed by atoms with Gasteiger partial charge >= 0.3 is 0 Å². The molecule has 0 aliphatic rings. The topological polar surface area (TPSA) is 56.8 Å². The number of methoxy groups -OCH3 is 3. The smallest absolute Gasteiger partial charge is 0.187 e. The number of hydrogen-bond donors (Lipinski definition) is 1. The van der Waals surface area contributed by atoms with Crippen molar-refractivity contribution in [1.82, 2.24) is 0 Å². The van der Waals surface area contributed by atoms with Crippen molar-refractivity contribution in [3.63, 3.8) is 0 Å². The van der Waals surface area contributed by atoms with Gasteiger partial charge in [0.2, 0.25) is 0 Å². The van der Waals surface area contributed by atoms with Gasteiger partial charge in [0.15, 0.2) is 17.3 Å². The zero-order valence-electron chi connectivity index (χ0n) is 13.3. The van der Waals surface area contributed by atoms with E-state index in [1.165, 1.54) is 13.2 Å². The molecule has 5 nitrogen and oxygen atoms in total. The van der Waals surface area contributed by atoms with E-state index in [9.17, 15) is 4.79 Å². The number of anilines is 1. The first-order valence-corrected chi connectivity index (χ1v) is 7.01. The molecular weight excluding hydrogens is 294 g/mol. The number of nitrogens with one attached hydrogen (secondary N) is 1. The summed E-state index contributed by atoms with van der Waals surface area (Å²) in [7, 11) is 4.70. The van der Waals surface area contributed by atoms with E-state index in [4.69, 9.17) is 14.2 Å². The van der Waals surface area contributed by atoms with Crippen molar-refractivity contribution in [2.24, 2.45) is 0 Å². The summed E-state index contributed by atoms with van der Waals surface area (Å²) < 4.78 is 15.4. The molecule has 0 aliphatic carbocycles. The van der Waals surface area contributed by atoms with Crippen LogP contribution in [0.15, 0.2) is 54.7 Å². The molecule has 0 amide bonds. The van der Waals surface area contributed by atoms with E-state index in [-0.39, 0.29) is 5.78 Å². The van der Waals surface area contributed by atoms with Crippen LogP contribution in [0.4, 0.5) is 5.69 Å². The molecule has 1 N–H and O–H groups in total. The van der Waals surface area contributed by atoms with Crippen molar-refractivity contribution in [2.75, 3.05) is 26.6 Å². The molecule has 2 aromatic carbocycles. The third kappa shape index (κ3) is 4.26. The van der Waals surface area contributed by atoms with Gasteiger partial charge in [0.1, 0.15) is 5.75 Å². The van der Waals surface area contributed by atoms with E-state index in [1.807, 2.05) is 24.3 Å². The second-order valence-electron chi connectivity index (χ2n) is 4.64. The van der Waals surface area contributed by atoms with Crippen molar-refractivity contribution in [3.05, 3.63) is 60.3 Å². The average molecular weight is 313 g/mol. The van der Waals surface area contributed by atoms with Gasteiger partial charge < -0.3 is 19.5 Å². The van der Waals surface area contributed by atoms with Crippen LogP contribution in [0.1, 0.15) is 10.4 Å². The molecule has 0 fully saturated rings. The molecule has 0 radical (unpaired) electrons. The second-order valence-corrected chi connectivity index (χ2v) is 4.64. The van der Waals surface area contributed by atoms with Gasteiger partial charge in [-0.3, -0.25) is 4.79 Å². The van der Waals surface area contributed by atoms with E-state index in [0.717, 1.165) is 11.4 Å². The number of hydrogen-bond acceptors (Lipinski definition) is 5. The maximum atomic E-state index is 12.2. The van der Waals surface area contributed by atoms with E-state index < -0.39 is 0 Å². The summed E-state index contributed by atoms with van der Waals surface area (Å²) in [5.41, 5.74) is 1.39. The summed E-state index contributed by atoms with van der Waals surface area (Å²) in [5.74, 6) is 1.76. The summed E-state index contributed by atoms with van der Waals surface area (Å²) in [6.07, 6.45) is 3.06. The third-order valence-corrected chi connectivity index (χ3v) is 3.24. The molecule has 5 heteroatoms. The van der Waals surface area contributed by atoms with Gasteiger partial charge in [-0.05, 0) is 42.5 Å². The van der Waals surface area contributed by atoms with E-state index in [1.54, 1.807) is 38.6 Å².